The summed E-state index contributed by atoms with van der Waals surface area (Å²) in [5.41, 5.74) is 2.76. The van der Waals surface area contributed by atoms with E-state index in [4.69, 9.17) is 23.7 Å². The fraction of sp³-hybridized carbons (Fsp3) is 0.269. The molecule has 2 aliphatic rings. The van der Waals surface area contributed by atoms with Crippen molar-refractivity contribution in [1.82, 2.24) is 5.32 Å². The lowest BCUT2D eigenvalue weighted by atomic mass is 9.98. The third-order valence-electron chi connectivity index (χ3n) is 5.60. The molecule has 0 fully saturated rings. The molecule has 0 radical (unpaired) electrons. The van der Waals surface area contributed by atoms with Gasteiger partial charge in [-0.2, -0.15) is 0 Å². The monoisotopic (exact) mass is 462 g/mol. The van der Waals surface area contributed by atoms with Gasteiger partial charge in [-0.05, 0) is 79.4 Å². The quantitative estimate of drug-likeness (QED) is 0.512. The minimum atomic E-state index is -0.282. The Labute approximate surface area is 197 Å². The first-order chi connectivity index (χ1) is 16.7. The number of rotatable bonds is 8. The summed E-state index contributed by atoms with van der Waals surface area (Å²) in [6.45, 7) is 2.97. The van der Waals surface area contributed by atoms with Crippen LogP contribution in [0.25, 0.3) is 0 Å². The second-order valence-electron chi connectivity index (χ2n) is 8.04. The molecule has 0 saturated heterocycles. The third kappa shape index (κ3) is 5.11. The molecular weight excluding hydrogens is 436 g/mol. The lowest BCUT2D eigenvalue weighted by Crippen LogP contribution is -2.40. The molecule has 176 valence electrons. The van der Waals surface area contributed by atoms with Crippen LogP contribution < -0.4 is 34.3 Å². The number of carbonyl (C=O) groups is 1. The van der Waals surface area contributed by atoms with Gasteiger partial charge in [-0.3, -0.25) is 0 Å². The molecule has 2 amide bonds. The van der Waals surface area contributed by atoms with Crippen molar-refractivity contribution in [1.29, 1.82) is 0 Å². The maximum atomic E-state index is 12.8. The summed E-state index contributed by atoms with van der Waals surface area (Å²) in [6, 6.07) is 18.5. The van der Waals surface area contributed by atoms with Crippen LogP contribution in [0.15, 0.2) is 60.7 Å². The first-order valence-electron chi connectivity index (χ1n) is 11.2. The van der Waals surface area contributed by atoms with Crippen LogP contribution in [0.4, 0.5) is 10.5 Å². The van der Waals surface area contributed by atoms with Gasteiger partial charge < -0.3 is 34.3 Å². The molecule has 0 bridgehead atoms. The number of anilines is 1. The third-order valence-corrected chi connectivity index (χ3v) is 5.60. The van der Waals surface area contributed by atoms with Crippen LogP contribution in [0.2, 0.25) is 0 Å². The standard InChI is InChI=1S/C26H26N2O6/c1-2-30-21-7-5-19(6-8-21)27-26(29)28-20(11-17-3-9-22-24(13-17)33-15-31-22)12-18-4-10-23-25(14-18)34-16-32-23/h3-10,13-14,20H,2,11-12,15-16H2,1H3,(H2,27,28,29). The van der Waals surface area contributed by atoms with E-state index in [1.165, 1.54) is 0 Å². The van der Waals surface area contributed by atoms with Gasteiger partial charge in [-0.1, -0.05) is 12.1 Å². The van der Waals surface area contributed by atoms with Crippen molar-refractivity contribution < 1.29 is 28.5 Å². The average molecular weight is 463 g/mol. The Balaban J connectivity index is 1.30. The van der Waals surface area contributed by atoms with Crippen molar-refractivity contribution in [3.05, 3.63) is 71.8 Å². The molecule has 2 N–H and O–H groups in total. The number of ether oxygens (including phenoxy) is 5. The van der Waals surface area contributed by atoms with Gasteiger partial charge in [-0.25, -0.2) is 4.79 Å². The Bertz CT molecular complexity index is 1100. The predicted molar refractivity (Wildman–Crippen MR) is 126 cm³/mol. The highest BCUT2D eigenvalue weighted by atomic mass is 16.7. The zero-order chi connectivity index (χ0) is 23.3. The summed E-state index contributed by atoms with van der Waals surface area (Å²) >= 11 is 0. The Morgan fingerprint density at radius 3 is 1.94 bits per heavy atom. The summed E-state index contributed by atoms with van der Waals surface area (Å²) in [7, 11) is 0. The zero-order valence-electron chi connectivity index (χ0n) is 18.8. The normalized spacial score (nSPS) is 13.1. The van der Waals surface area contributed by atoms with E-state index in [-0.39, 0.29) is 25.7 Å². The lowest BCUT2D eigenvalue weighted by Gasteiger charge is -2.20. The van der Waals surface area contributed by atoms with Gasteiger partial charge >= 0.3 is 6.03 Å². The number of hydrogen-bond donors (Lipinski definition) is 2. The van der Waals surface area contributed by atoms with Crippen molar-refractivity contribution in [3.63, 3.8) is 0 Å². The lowest BCUT2D eigenvalue weighted by molar-refractivity contribution is 0.173. The molecule has 3 aromatic carbocycles. The van der Waals surface area contributed by atoms with Crippen molar-refractivity contribution >= 4 is 11.7 Å². The molecule has 5 rings (SSSR count). The van der Waals surface area contributed by atoms with E-state index in [1.807, 2.05) is 67.6 Å². The summed E-state index contributed by atoms with van der Waals surface area (Å²) in [5, 5.41) is 6.01. The Kier molecular flexibility index (Phi) is 6.29. The van der Waals surface area contributed by atoms with E-state index >= 15 is 0 Å². The number of hydrogen-bond acceptors (Lipinski definition) is 6. The number of benzene rings is 3. The van der Waals surface area contributed by atoms with Crippen LogP contribution in [0, 0.1) is 0 Å². The number of nitrogens with one attached hydrogen (secondary N) is 2. The van der Waals surface area contributed by atoms with E-state index in [1.54, 1.807) is 0 Å². The topological polar surface area (TPSA) is 87.3 Å². The molecule has 0 unspecified atom stereocenters. The fourth-order valence-electron chi connectivity index (χ4n) is 4.03. The predicted octanol–water partition coefficient (Wildman–Crippen LogP) is 4.52. The molecule has 0 saturated carbocycles. The Hall–Kier alpha value is -4.07. The minimum absolute atomic E-state index is 0.177. The molecule has 3 aromatic rings. The highest BCUT2D eigenvalue weighted by Crippen LogP contribution is 2.34. The molecule has 8 heteroatoms. The first kappa shape index (κ1) is 21.8. The second-order valence-corrected chi connectivity index (χ2v) is 8.04. The molecule has 2 heterocycles. The van der Waals surface area contributed by atoms with Crippen molar-refractivity contribution in [2.75, 3.05) is 25.5 Å². The Morgan fingerprint density at radius 2 is 1.38 bits per heavy atom. The minimum Gasteiger partial charge on any atom is -0.494 e. The zero-order valence-corrected chi connectivity index (χ0v) is 18.8. The van der Waals surface area contributed by atoms with E-state index in [0.717, 1.165) is 39.9 Å². The van der Waals surface area contributed by atoms with Crippen LogP contribution >= 0.6 is 0 Å². The summed E-state index contributed by atoms with van der Waals surface area (Å²) in [6.07, 6.45) is 1.23. The van der Waals surface area contributed by atoms with Crippen molar-refractivity contribution in [2.45, 2.75) is 25.8 Å². The summed E-state index contributed by atoms with van der Waals surface area (Å²) < 4.78 is 27.3. The van der Waals surface area contributed by atoms with Crippen molar-refractivity contribution in [2.24, 2.45) is 0 Å². The highest BCUT2D eigenvalue weighted by molar-refractivity contribution is 5.89. The SMILES string of the molecule is CCOc1ccc(NC(=O)NC(Cc2ccc3c(c2)OCO3)Cc2ccc3c(c2)OCO3)cc1. The van der Waals surface area contributed by atoms with Crippen LogP contribution in [0.1, 0.15) is 18.1 Å². The molecule has 0 aliphatic carbocycles. The summed E-state index contributed by atoms with van der Waals surface area (Å²) in [4.78, 5) is 12.8. The highest BCUT2D eigenvalue weighted by Gasteiger charge is 2.20. The molecule has 0 spiro atoms. The number of carbonyl (C=O) groups excluding carboxylic acids is 1. The average Bonchev–Trinajstić information content (AvgIpc) is 3.49. The van der Waals surface area contributed by atoms with Gasteiger partial charge in [0.05, 0.1) is 6.61 Å². The van der Waals surface area contributed by atoms with Gasteiger partial charge in [0.1, 0.15) is 5.75 Å². The van der Waals surface area contributed by atoms with E-state index < -0.39 is 0 Å². The van der Waals surface area contributed by atoms with Gasteiger partial charge in [-0.15, -0.1) is 0 Å². The first-order valence-corrected chi connectivity index (χ1v) is 11.2. The maximum absolute atomic E-state index is 12.8. The number of urea groups is 1. The van der Waals surface area contributed by atoms with E-state index in [9.17, 15) is 4.79 Å². The molecule has 8 nitrogen and oxygen atoms in total. The van der Waals surface area contributed by atoms with Crippen molar-refractivity contribution in [3.8, 4) is 28.7 Å². The van der Waals surface area contributed by atoms with Gasteiger partial charge in [0.15, 0.2) is 23.0 Å². The molecule has 34 heavy (non-hydrogen) atoms. The fourth-order valence-corrected chi connectivity index (χ4v) is 4.03. The maximum Gasteiger partial charge on any atom is 0.319 e. The van der Waals surface area contributed by atoms with Crippen LogP contribution in [0.3, 0.4) is 0 Å². The summed E-state index contributed by atoms with van der Waals surface area (Å²) in [5.74, 6) is 3.67. The molecule has 0 aromatic heterocycles. The number of fused-ring (bicyclic) bond motifs is 2. The molecular formula is C26H26N2O6. The molecule has 0 atom stereocenters. The van der Waals surface area contributed by atoms with Crippen LogP contribution in [0.5, 0.6) is 28.7 Å². The Morgan fingerprint density at radius 1 is 0.824 bits per heavy atom. The van der Waals surface area contributed by atoms with Crippen LogP contribution in [-0.4, -0.2) is 32.3 Å². The number of amides is 2. The van der Waals surface area contributed by atoms with E-state index in [0.29, 0.717) is 25.1 Å². The van der Waals surface area contributed by atoms with Gasteiger partial charge in [0, 0.05) is 11.7 Å². The van der Waals surface area contributed by atoms with E-state index in [2.05, 4.69) is 10.6 Å². The second kappa shape index (κ2) is 9.82. The van der Waals surface area contributed by atoms with Gasteiger partial charge in [0.2, 0.25) is 13.6 Å². The van der Waals surface area contributed by atoms with Crippen LogP contribution in [-0.2, 0) is 12.8 Å². The molecule has 2 aliphatic heterocycles. The smallest absolute Gasteiger partial charge is 0.319 e. The largest absolute Gasteiger partial charge is 0.494 e. The van der Waals surface area contributed by atoms with Gasteiger partial charge in [0.25, 0.3) is 0 Å².